The molecule has 0 saturated heterocycles. The summed E-state index contributed by atoms with van der Waals surface area (Å²) in [4.78, 5) is 4.58. The molecule has 104 valence electrons. The van der Waals surface area contributed by atoms with Gasteiger partial charge in [-0.25, -0.2) is 0 Å². The lowest BCUT2D eigenvalue weighted by Crippen LogP contribution is -2.36. The summed E-state index contributed by atoms with van der Waals surface area (Å²) in [5, 5.41) is 7.39. The Morgan fingerprint density at radius 1 is 1.30 bits per heavy atom. The van der Waals surface area contributed by atoms with Gasteiger partial charge in [0.25, 0.3) is 0 Å². The van der Waals surface area contributed by atoms with Crippen LogP contribution in [0.25, 0.3) is 0 Å². The minimum absolute atomic E-state index is 0.0402. The molecule has 1 aromatic carbocycles. The van der Waals surface area contributed by atoms with E-state index in [1.165, 1.54) is 12.0 Å². The van der Waals surface area contributed by atoms with Gasteiger partial charge in [0.15, 0.2) is 5.82 Å². The molecule has 1 fully saturated rings. The van der Waals surface area contributed by atoms with Crippen LogP contribution in [0.15, 0.2) is 47.5 Å². The monoisotopic (exact) mass is 269 g/mol. The maximum Gasteiger partial charge on any atom is 0.240 e. The van der Waals surface area contributed by atoms with E-state index < -0.39 is 0 Å². The second-order valence-electron chi connectivity index (χ2n) is 5.23. The Balaban J connectivity index is 1.82. The molecule has 1 saturated carbocycles. The average Bonchev–Trinajstić information content (AvgIpc) is 2.88. The molecule has 1 aromatic heterocycles. The van der Waals surface area contributed by atoms with E-state index in [0.29, 0.717) is 12.4 Å². The summed E-state index contributed by atoms with van der Waals surface area (Å²) in [6.45, 7) is 4.99. The van der Waals surface area contributed by atoms with Crippen molar-refractivity contribution >= 4 is 0 Å². The quantitative estimate of drug-likeness (QED) is 0.647. The first-order chi connectivity index (χ1) is 9.85. The molecule has 0 atom stereocenters. The molecule has 1 aliphatic rings. The van der Waals surface area contributed by atoms with Crippen LogP contribution < -0.4 is 5.32 Å². The van der Waals surface area contributed by atoms with Gasteiger partial charge in [-0.3, -0.25) is 0 Å². The predicted octanol–water partition coefficient (Wildman–Crippen LogP) is 2.82. The van der Waals surface area contributed by atoms with Crippen molar-refractivity contribution in [2.45, 2.75) is 31.2 Å². The Morgan fingerprint density at radius 3 is 2.75 bits per heavy atom. The Kier molecular flexibility index (Phi) is 3.65. The minimum atomic E-state index is -0.0402. The first-order valence-electron chi connectivity index (χ1n) is 7.05. The molecule has 1 heterocycles. The summed E-state index contributed by atoms with van der Waals surface area (Å²) in [6, 6.07) is 10.5. The number of hydrogen-bond donors (Lipinski definition) is 1. The Labute approximate surface area is 118 Å². The van der Waals surface area contributed by atoms with Crippen molar-refractivity contribution in [1.29, 1.82) is 0 Å². The van der Waals surface area contributed by atoms with Crippen LogP contribution >= 0.6 is 0 Å². The summed E-state index contributed by atoms with van der Waals surface area (Å²) in [7, 11) is 0. The molecule has 4 nitrogen and oxygen atoms in total. The van der Waals surface area contributed by atoms with E-state index in [1.54, 1.807) is 0 Å². The lowest BCUT2D eigenvalue weighted by atomic mass is 9.64. The van der Waals surface area contributed by atoms with Crippen molar-refractivity contribution in [3.8, 4) is 0 Å². The number of benzene rings is 1. The van der Waals surface area contributed by atoms with Gasteiger partial charge in [-0.15, -0.1) is 6.58 Å². The fraction of sp³-hybridized carbons (Fsp3) is 0.375. The minimum Gasteiger partial charge on any atom is -0.338 e. The van der Waals surface area contributed by atoms with Gasteiger partial charge < -0.3 is 9.84 Å². The van der Waals surface area contributed by atoms with Crippen molar-refractivity contribution in [3.63, 3.8) is 0 Å². The standard InChI is InChI=1S/C16H19N3O/c1-2-11-17-12-14-18-15(19-20-14)16(9-6-10-16)13-7-4-3-5-8-13/h2-5,7-8,17H,1,6,9-12H2. The predicted molar refractivity (Wildman–Crippen MR) is 77.3 cm³/mol. The average molecular weight is 269 g/mol. The highest BCUT2D eigenvalue weighted by molar-refractivity contribution is 5.35. The summed E-state index contributed by atoms with van der Waals surface area (Å²) in [5.74, 6) is 1.47. The molecule has 4 heteroatoms. The van der Waals surface area contributed by atoms with E-state index in [0.717, 1.165) is 25.2 Å². The highest BCUT2D eigenvalue weighted by Gasteiger charge is 2.44. The molecule has 0 unspecified atom stereocenters. The zero-order valence-electron chi connectivity index (χ0n) is 11.5. The van der Waals surface area contributed by atoms with Crippen LogP contribution in [0, 0.1) is 0 Å². The van der Waals surface area contributed by atoms with Crippen LogP contribution in [0.4, 0.5) is 0 Å². The van der Waals surface area contributed by atoms with Crippen LogP contribution in [-0.2, 0) is 12.0 Å². The van der Waals surface area contributed by atoms with Crippen LogP contribution in [-0.4, -0.2) is 16.7 Å². The van der Waals surface area contributed by atoms with E-state index in [4.69, 9.17) is 4.52 Å². The number of rotatable bonds is 6. The topological polar surface area (TPSA) is 51.0 Å². The maximum absolute atomic E-state index is 5.36. The third kappa shape index (κ3) is 2.27. The van der Waals surface area contributed by atoms with Gasteiger partial charge in [0.1, 0.15) is 0 Å². The van der Waals surface area contributed by atoms with Crippen molar-refractivity contribution in [2.75, 3.05) is 6.54 Å². The molecule has 0 radical (unpaired) electrons. The van der Waals surface area contributed by atoms with Gasteiger partial charge in [0, 0.05) is 6.54 Å². The molecule has 0 amide bonds. The van der Waals surface area contributed by atoms with Crippen LogP contribution in [0.1, 0.15) is 36.5 Å². The van der Waals surface area contributed by atoms with E-state index in [-0.39, 0.29) is 5.41 Å². The molecule has 2 aromatic rings. The van der Waals surface area contributed by atoms with Crippen molar-refractivity contribution in [1.82, 2.24) is 15.5 Å². The van der Waals surface area contributed by atoms with E-state index in [9.17, 15) is 0 Å². The molecule has 3 rings (SSSR count). The smallest absolute Gasteiger partial charge is 0.240 e. The molecule has 1 aliphatic carbocycles. The molecule has 0 bridgehead atoms. The molecule has 0 aliphatic heterocycles. The third-order valence-corrected chi connectivity index (χ3v) is 3.99. The van der Waals surface area contributed by atoms with Gasteiger partial charge in [0.05, 0.1) is 12.0 Å². The molecule has 20 heavy (non-hydrogen) atoms. The van der Waals surface area contributed by atoms with Crippen molar-refractivity contribution < 1.29 is 4.52 Å². The van der Waals surface area contributed by atoms with E-state index >= 15 is 0 Å². The van der Waals surface area contributed by atoms with E-state index in [1.807, 2.05) is 12.1 Å². The highest BCUT2D eigenvalue weighted by atomic mass is 16.5. The second kappa shape index (κ2) is 5.59. The first kappa shape index (κ1) is 13.1. The highest BCUT2D eigenvalue weighted by Crippen LogP contribution is 2.47. The Morgan fingerprint density at radius 2 is 2.10 bits per heavy atom. The fourth-order valence-corrected chi connectivity index (χ4v) is 2.73. The lowest BCUT2D eigenvalue weighted by Gasteiger charge is -2.39. The summed E-state index contributed by atoms with van der Waals surface area (Å²) in [5.41, 5.74) is 1.25. The number of nitrogens with one attached hydrogen (secondary N) is 1. The SMILES string of the molecule is C=CCNCc1nc(C2(c3ccccc3)CCC2)no1. The van der Waals surface area contributed by atoms with Crippen molar-refractivity contribution in [2.24, 2.45) is 0 Å². The Bertz CT molecular complexity index is 572. The number of hydrogen-bond acceptors (Lipinski definition) is 4. The van der Waals surface area contributed by atoms with Crippen molar-refractivity contribution in [3.05, 3.63) is 60.3 Å². The van der Waals surface area contributed by atoms with Crippen LogP contribution in [0.3, 0.4) is 0 Å². The normalized spacial score (nSPS) is 16.6. The maximum atomic E-state index is 5.36. The molecular formula is C16H19N3O. The first-order valence-corrected chi connectivity index (χ1v) is 7.05. The zero-order valence-corrected chi connectivity index (χ0v) is 11.5. The summed E-state index contributed by atoms with van der Waals surface area (Å²) >= 11 is 0. The van der Waals surface area contributed by atoms with Gasteiger partial charge in [-0.05, 0) is 18.4 Å². The lowest BCUT2D eigenvalue weighted by molar-refractivity contribution is 0.270. The van der Waals surface area contributed by atoms with Gasteiger partial charge >= 0.3 is 0 Å². The van der Waals surface area contributed by atoms with Gasteiger partial charge in [0.2, 0.25) is 5.89 Å². The van der Waals surface area contributed by atoms with Crippen LogP contribution in [0.5, 0.6) is 0 Å². The fourth-order valence-electron chi connectivity index (χ4n) is 2.73. The third-order valence-electron chi connectivity index (χ3n) is 3.99. The zero-order chi connectivity index (χ0) is 13.8. The number of aromatic nitrogens is 2. The summed E-state index contributed by atoms with van der Waals surface area (Å²) in [6.07, 6.45) is 5.22. The second-order valence-corrected chi connectivity index (χ2v) is 5.23. The van der Waals surface area contributed by atoms with E-state index in [2.05, 4.69) is 46.3 Å². The molecular weight excluding hydrogens is 250 g/mol. The Hall–Kier alpha value is -1.94. The molecule has 0 spiro atoms. The molecule has 1 N–H and O–H groups in total. The largest absolute Gasteiger partial charge is 0.338 e. The summed E-state index contributed by atoms with van der Waals surface area (Å²) < 4.78 is 5.36. The number of nitrogens with zero attached hydrogens (tertiary/aromatic N) is 2. The van der Waals surface area contributed by atoms with Gasteiger partial charge in [-0.1, -0.05) is 48.0 Å². The van der Waals surface area contributed by atoms with Gasteiger partial charge in [-0.2, -0.15) is 4.98 Å². The van der Waals surface area contributed by atoms with Crippen LogP contribution in [0.2, 0.25) is 0 Å².